The van der Waals surface area contributed by atoms with Gasteiger partial charge in [0, 0.05) is 68.4 Å². The molecule has 2 aromatic rings. The first-order valence-corrected chi connectivity index (χ1v) is 19.1. The van der Waals surface area contributed by atoms with Gasteiger partial charge < -0.3 is 45.1 Å². The number of piperazine rings is 1. The Labute approximate surface area is 314 Å². The fraction of sp³-hybridized carbons (Fsp3) is 0.605. The molecule has 13 nitrogen and oxygen atoms in total. The van der Waals surface area contributed by atoms with Gasteiger partial charge in [0.1, 0.15) is 5.84 Å². The van der Waals surface area contributed by atoms with E-state index in [2.05, 4.69) is 43.2 Å². The Hall–Kier alpha value is -3.30. The minimum absolute atomic E-state index is 0.00136. The van der Waals surface area contributed by atoms with Crippen molar-refractivity contribution in [3.05, 3.63) is 53.1 Å². The Morgan fingerprint density at radius 3 is 2.15 bits per heavy atom. The summed E-state index contributed by atoms with van der Waals surface area (Å²) in [7, 11) is 1.94. The summed E-state index contributed by atoms with van der Waals surface area (Å²) in [4.78, 5) is 33.9. The number of hydrogen-bond acceptors (Lipinski definition) is 11. The van der Waals surface area contributed by atoms with Crippen molar-refractivity contribution in [2.45, 2.75) is 38.5 Å². The first-order chi connectivity index (χ1) is 25.5. The number of fused-ring (bicyclic) bond motifs is 2. The number of para-hydroxylation sites is 1. The number of nitrogens with one attached hydrogen (secondary N) is 4. The van der Waals surface area contributed by atoms with E-state index in [0.717, 1.165) is 93.4 Å². The molecule has 2 aromatic carbocycles. The molecule has 2 heterocycles. The number of hydrogen-bond donors (Lipinski definition) is 4. The van der Waals surface area contributed by atoms with Gasteiger partial charge in [-0.15, -0.1) is 0 Å². The summed E-state index contributed by atoms with van der Waals surface area (Å²) >= 11 is 6.30. The van der Waals surface area contributed by atoms with Gasteiger partial charge in [-0.1, -0.05) is 30.2 Å². The lowest BCUT2D eigenvalue weighted by atomic mass is 10.1. The van der Waals surface area contributed by atoms with Crippen molar-refractivity contribution >= 4 is 46.3 Å². The quantitative estimate of drug-likeness (QED) is 0.111. The van der Waals surface area contributed by atoms with E-state index in [1.807, 2.05) is 37.4 Å². The van der Waals surface area contributed by atoms with Crippen LogP contribution in [-0.2, 0) is 28.5 Å². The molecule has 0 bridgehead atoms. The van der Waals surface area contributed by atoms with Crippen molar-refractivity contribution in [3.8, 4) is 0 Å². The average Bonchev–Trinajstić information content (AvgIpc) is 3.31. The fourth-order valence-electron chi connectivity index (χ4n) is 5.89. The summed E-state index contributed by atoms with van der Waals surface area (Å²) in [5.74, 6) is 1.04. The van der Waals surface area contributed by atoms with Crippen LogP contribution in [0.5, 0.6) is 0 Å². The highest BCUT2D eigenvalue weighted by Gasteiger charge is 2.25. The van der Waals surface area contributed by atoms with Crippen molar-refractivity contribution in [1.82, 2.24) is 25.8 Å². The zero-order chi connectivity index (χ0) is 36.6. The number of benzene rings is 2. The maximum Gasteiger partial charge on any atom is 0.222 e. The number of amides is 2. The third-order valence-electron chi connectivity index (χ3n) is 8.76. The van der Waals surface area contributed by atoms with Crippen LogP contribution in [0.2, 0.25) is 5.02 Å². The molecule has 2 aliphatic heterocycles. The van der Waals surface area contributed by atoms with Crippen LogP contribution in [0.4, 0.5) is 17.1 Å². The maximum atomic E-state index is 12.2. The largest absolute Gasteiger partial charge is 0.379 e. The number of amidine groups is 1. The molecule has 1 fully saturated rings. The second-order valence-electron chi connectivity index (χ2n) is 12.8. The van der Waals surface area contributed by atoms with Crippen LogP contribution >= 0.6 is 11.6 Å². The zero-order valence-corrected chi connectivity index (χ0v) is 31.5. The van der Waals surface area contributed by atoms with Crippen molar-refractivity contribution in [3.63, 3.8) is 0 Å². The minimum atomic E-state index is -0.00136. The Bertz CT molecular complexity index is 1380. The van der Waals surface area contributed by atoms with Crippen LogP contribution in [0.15, 0.2) is 47.5 Å². The first kappa shape index (κ1) is 41.5. The third-order valence-corrected chi connectivity index (χ3v) is 8.99. The van der Waals surface area contributed by atoms with Crippen molar-refractivity contribution < 1.29 is 28.5 Å². The second kappa shape index (κ2) is 24.9. The Morgan fingerprint density at radius 2 is 1.40 bits per heavy atom. The van der Waals surface area contributed by atoms with E-state index >= 15 is 0 Å². The van der Waals surface area contributed by atoms with Crippen LogP contribution in [0.1, 0.15) is 44.1 Å². The number of rotatable bonds is 25. The van der Waals surface area contributed by atoms with Crippen LogP contribution in [-0.4, -0.2) is 140 Å². The van der Waals surface area contributed by atoms with E-state index in [-0.39, 0.29) is 11.8 Å². The Morgan fingerprint density at radius 1 is 0.731 bits per heavy atom. The number of carbonyl (C=O) groups excluding carboxylic acids is 2. The highest BCUT2D eigenvalue weighted by molar-refractivity contribution is 6.31. The number of anilines is 2. The molecule has 2 amide bonds. The van der Waals surface area contributed by atoms with E-state index < -0.39 is 0 Å². The SMILES string of the molecule is CNCCCCCC(=O)NCCOCCOCCOCCOCCC(=O)NCCCN1CCN(C2=Nc3cc(Cl)ccc3Nc3ccccc32)CC1. The van der Waals surface area contributed by atoms with Crippen molar-refractivity contribution in [2.75, 3.05) is 118 Å². The molecule has 2 aliphatic rings. The summed E-state index contributed by atoms with van der Waals surface area (Å²) in [5.41, 5.74) is 3.91. The van der Waals surface area contributed by atoms with E-state index in [4.69, 9.17) is 35.5 Å². The lowest BCUT2D eigenvalue weighted by Crippen LogP contribution is -2.49. The standard InChI is InChI=1S/C38H58ClN7O6/c1-40-14-6-2-3-10-36(47)42-16-23-50-25-27-52-29-28-51-26-24-49-22-13-37(48)41-15-7-17-45-18-20-46(21-19-45)38-32-8-4-5-9-33(32)43-34-12-11-31(39)30-35(34)44-38/h4-5,8-9,11-12,30,40,43H,2-3,6-7,10,13-29H2,1H3,(H,41,48)(H,42,47). The molecule has 4 N–H and O–H groups in total. The molecular weight excluding hydrogens is 686 g/mol. The number of ether oxygens (including phenoxy) is 4. The molecule has 1 saturated heterocycles. The molecule has 14 heteroatoms. The number of unbranched alkanes of at least 4 members (excludes halogenated alkanes) is 2. The van der Waals surface area contributed by atoms with E-state index in [9.17, 15) is 9.59 Å². The Kier molecular flexibility index (Phi) is 19.8. The Balaban J connectivity index is 0.932. The lowest BCUT2D eigenvalue weighted by molar-refractivity contribution is -0.122. The van der Waals surface area contributed by atoms with Crippen molar-refractivity contribution in [1.29, 1.82) is 0 Å². The van der Waals surface area contributed by atoms with Gasteiger partial charge in [0.2, 0.25) is 11.8 Å². The summed E-state index contributed by atoms with van der Waals surface area (Å²) in [6, 6.07) is 14.0. The van der Waals surface area contributed by atoms with Crippen LogP contribution in [0.25, 0.3) is 0 Å². The van der Waals surface area contributed by atoms with Gasteiger partial charge in [-0.3, -0.25) is 14.5 Å². The molecular formula is C38H58ClN7O6. The molecule has 52 heavy (non-hydrogen) atoms. The number of carbonyl (C=O) groups is 2. The average molecular weight is 744 g/mol. The molecule has 0 radical (unpaired) electrons. The zero-order valence-electron chi connectivity index (χ0n) is 30.8. The molecule has 0 saturated carbocycles. The number of nitrogens with zero attached hydrogens (tertiary/aromatic N) is 3. The molecule has 0 aromatic heterocycles. The summed E-state index contributed by atoms with van der Waals surface area (Å²) < 4.78 is 22.0. The maximum absolute atomic E-state index is 12.2. The van der Waals surface area contributed by atoms with Gasteiger partial charge in [-0.25, -0.2) is 4.99 Å². The van der Waals surface area contributed by atoms with Gasteiger partial charge in [0.15, 0.2) is 0 Å². The van der Waals surface area contributed by atoms with Crippen LogP contribution in [0.3, 0.4) is 0 Å². The fourth-order valence-corrected chi connectivity index (χ4v) is 6.06. The highest BCUT2D eigenvalue weighted by Crippen LogP contribution is 2.36. The summed E-state index contributed by atoms with van der Waals surface area (Å²) in [6.45, 7) is 10.3. The molecule has 288 valence electrons. The van der Waals surface area contributed by atoms with E-state index in [0.29, 0.717) is 83.8 Å². The van der Waals surface area contributed by atoms with E-state index in [1.54, 1.807) is 0 Å². The van der Waals surface area contributed by atoms with Gasteiger partial charge in [-0.2, -0.15) is 0 Å². The minimum Gasteiger partial charge on any atom is -0.379 e. The predicted octanol–water partition coefficient (Wildman–Crippen LogP) is 3.95. The topological polar surface area (TPSA) is 138 Å². The van der Waals surface area contributed by atoms with Crippen LogP contribution in [0, 0.1) is 0 Å². The summed E-state index contributed by atoms with van der Waals surface area (Å²) in [6.07, 6.45) is 4.85. The predicted molar refractivity (Wildman–Crippen MR) is 206 cm³/mol. The van der Waals surface area contributed by atoms with E-state index in [1.165, 1.54) is 0 Å². The molecule has 0 unspecified atom stereocenters. The third kappa shape index (κ3) is 15.7. The second-order valence-corrected chi connectivity index (χ2v) is 13.2. The van der Waals surface area contributed by atoms with Gasteiger partial charge >= 0.3 is 0 Å². The monoisotopic (exact) mass is 743 g/mol. The molecule has 0 spiro atoms. The molecule has 0 atom stereocenters. The van der Waals surface area contributed by atoms with Crippen LogP contribution < -0.4 is 21.3 Å². The van der Waals surface area contributed by atoms with Gasteiger partial charge in [-0.05, 0) is 69.7 Å². The highest BCUT2D eigenvalue weighted by atomic mass is 35.5. The van der Waals surface area contributed by atoms with Gasteiger partial charge in [0.05, 0.1) is 64.2 Å². The number of aliphatic imine (C=N–C) groups is 1. The smallest absolute Gasteiger partial charge is 0.222 e. The normalized spacial score (nSPS) is 14.2. The van der Waals surface area contributed by atoms with Gasteiger partial charge in [0.25, 0.3) is 0 Å². The number of halogens is 1. The van der Waals surface area contributed by atoms with Crippen molar-refractivity contribution in [2.24, 2.45) is 4.99 Å². The molecule has 4 rings (SSSR count). The first-order valence-electron chi connectivity index (χ1n) is 18.7. The summed E-state index contributed by atoms with van der Waals surface area (Å²) in [5, 5.41) is 13.2. The molecule has 0 aliphatic carbocycles. The lowest BCUT2D eigenvalue weighted by Gasteiger charge is -2.36.